The van der Waals surface area contributed by atoms with Crippen molar-refractivity contribution in [3.05, 3.63) is 70.8 Å². The van der Waals surface area contributed by atoms with Crippen molar-refractivity contribution in [1.82, 2.24) is 5.32 Å². The fraction of sp³-hybridized carbons (Fsp3) is 0.294. The summed E-state index contributed by atoms with van der Waals surface area (Å²) < 4.78 is 27.5. The summed E-state index contributed by atoms with van der Waals surface area (Å²) in [5, 5.41) is 3.29. The van der Waals surface area contributed by atoms with E-state index in [0.29, 0.717) is 11.1 Å². The average Bonchev–Trinajstić information content (AvgIpc) is 2.43. The molecule has 0 spiro atoms. The van der Waals surface area contributed by atoms with Gasteiger partial charge in [0.05, 0.1) is 0 Å². The molecule has 1 nitrogen and oxygen atoms in total. The van der Waals surface area contributed by atoms with Crippen LogP contribution < -0.4 is 5.32 Å². The second-order valence-corrected chi connectivity index (χ2v) is 5.14. The number of hydrogen-bond donors (Lipinski definition) is 1. The van der Waals surface area contributed by atoms with Gasteiger partial charge in [0.15, 0.2) is 0 Å². The topological polar surface area (TPSA) is 12.0 Å². The average molecular weight is 275 g/mol. The van der Waals surface area contributed by atoms with Gasteiger partial charge in [-0.2, -0.15) is 0 Å². The molecule has 20 heavy (non-hydrogen) atoms. The highest BCUT2D eigenvalue weighted by atomic mass is 19.1. The predicted molar refractivity (Wildman–Crippen MR) is 77.5 cm³/mol. The van der Waals surface area contributed by atoms with Crippen molar-refractivity contribution in [3.63, 3.8) is 0 Å². The number of benzene rings is 2. The van der Waals surface area contributed by atoms with Gasteiger partial charge in [-0.05, 0) is 44.0 Å². The third kappa shape index (κ3) is 3.23. The van der Waals surface area contributed by atoms with E-state index in [0.717, 1.165) is 5.56 Å². The second-order valence-electron chi connectivity index (χ2n) is 5.14. The summed E-state index contributed by atoms with van der Waals surface area (Å²) in [5.74, 6) is -0.744. The molecule has 2 atom stereocenters. The van der Waals surface area contributed by atoms with Crippen LogP contribution in [0.5, 0.6) is 0 Å². The molecular formula is C17H19F2N. The standard InChI is InChI=1S/C17H19F2N/c1-11-9-17(19)15(10-16(11)18)13(3)20-12(2)14-7-5-4-6-8-14/h4-10,12-13,20H,1-3H3/t12-,13?/m1/s1. The lowest BCUT2D eigenvalue weighted by atomic mass is 10.0. The summed E-state index contributed by atoms with van der Waals surface area (Å²) >= 11 is 0. The Kier molecular flexibility index (Phi) is 4.50. The van der Waals surface area contributed by atoms with E-state index in [9.17, 15) is 8.78 Å². The molecule has 0 aliphatic heterocycles. The van der Waals surface area contributed by atoms with Crippen LogP contribution in [-0.4, -0.2) is 0 Å². The van der Waals surface area contributed by atoms with E-state index in [1.54, 1.807) is 6.92 Å². The zero-order chi connectivity index (χ0) is 14.7. The molecule has 2 aromatic carbocycles. The molecule has 2 aromatic rings. The van der Waals surface area contributed by atoms with Crippen molar-refractivity contribution < 1.29 is 8.78 Å². The zero-order valence-corrected chi connectivity index (χ0v) is 12.0. The molecule has 2 rings (SSSR count). The number of aryl methyl sites for hydroxylation is 1. The zero-order valence-electron chi connectivity index (χ0n) is 12.0. The lowest BCUT2D eigenvalue weighted by Crippen LogP contribution is -2.23. The van der Waals surface area contributed by atoms with Crippen molar-refractivity contribution in [2.75, 3.05) is 0 Å². The normalized spacial score (nSPS) is 14.1. The Morgan fingerprint density at radius 2 is 1.55 bits per heavy atom. The fourth-order valence-electron chi connectivity index (χ4n) is 2.30. The molecule has 0 saturated carbocycles. The molecule has 0 bridgehead atoms. The maximum absolute atomic E-state index is 13.9. The number of rotatable bonds is 4. The molecule has 3 heteroatoms. The van der Waals surface area contributed by atoms with Crippen LogP contribution in [0.25, 0.3) is 0 Å². The maximum atomic E-state index is 13.9. The smallest absolute Gasteiger partial charge is 0.128 e. The Hall–Kier alpha value is -1.74. The summed E-state index contributed by atoms with van der Waals surface area (Å²) in [6.07, 6.45) is 0. The van der Waals surface area contributed by atoms with E-state index in [-0.39, 0.29) is 23.7 Å². The monoisotopic (exact) mass is 275 g/mol. The van der Waals surface area contributed by atoms with Crippen LogP contribution in [0.2, 0.25) is 0 Å². The SMILES string of the molecule is Cc1cc(F)c(C(C)N[C@H](C)c2ccccc2)cc1F. The van der Waals surface area contributed by atoms with Gasteiger partial charge in [0.1, 0.15) is 11.6 Å². The van der Waals surface area contributed by atoms with Gasteiger partial charge in [0.2, 0.25) is 0 Å². The largest absolute Gasteiger partial charge is 0.304 e. The van der Waals surface area contributed by atoms with Crippen LogP contribution in [0.3, 0.4) is 0 Å². The molecule has 0 radical (unpaired) electrons. The van der Waals surface area contributed by atoms with Gasteiger partial charge in [-0.1, -0.05) is 30.3 Å². The Labute approximate surface area is 118 Å². The van der Waals surface area contributed by atoms with Crippen molar-refractivity contribution in [3.8, 4) is 0 Å². The lowest BCUT2D eigenvalue weighted by molar-refractivity contribution is 0.469. The highest BCUT2D eigenvalue weighted by Crippen LogP contribution is 2.23. The van der Waals surface area contributed by atoms with Crippen molar-refractivity contribution in [2.45, 2.75) is 32.9 Å². The first kappa shape index (κ1) is 14.7. The molecule has 0 aliphatic rings. The van der Waals surface area contributed by atoms with Crippen LogP contribution in [-0.2, 0) is 0 Å². The predicted octanol–water partition coefficient (Wildman–Crippen LogP) is 4.69. The van der Waals surface area contributed by atoms with E-state index in [4.69, 9.17) is 0 Å². The first-order valence-electron chi connectivity index (χ1n) is 6.75. The molecular weight excluding hydrogens is 256 g/mol. The van der Waals surface area contributed by atoms with Crippen LogP contribution in [0.1, 0.15) is 42.6 Å². The van der Waals surface area contributed by atoms with Gasteiger partial charge in [0, 0.05) is 17.6 Å². The van der Waals surface area contributed by atoms with E-state index >= 15 is 0 Å². The summed E-state index contributed by atoms with van der Waals surface area (Å²) in [5.41, 5.74) is 1.80. The quantitative estimate of drug-likeness (QED) is 0.854. The minimum Gasteiger partial charge on any atom is -0.304 e. The highest BCUT2D eigenvalue weighted by molar-refractivity contribution is 5.28. The van der Waals surface area contributed by atoms with E-state index in [1.807, 2.05) is 44.2 Å². The molecule has 1 unspecified atom stereocenters. The summed E-state index contributed by atoms with van der Waals surface area (Å²) in [6, 6.07) is 12.2. The fourth-order valence-corrected chi connectivity index (χ4v) is 2.30. The van der Waals surface area contributed by atoms with Gasteiger partial charge in [0.25, 0.3) is 0 Å². The van der Waals surface area contributed by atoms with Crippen molar-refractivity contribution in [2.24, 2.45) is 0 Å². The van der Waals surface area contributed by atoms with Gasteiger partial charge in [-0.3, -0.25) is 0 Å². The summed E-state index contributed by atoms with van der Waals surface area (Å²) in [7, 11) is 0. The number of nitrogens with one attached hydrogen (secondary N) is 1. The van der Waals surface area contributed by atoms with Gasteiger partial charge in [-0.25, -0.2) is 8.78 Å². The highest BCUT2D eigenvalue weighted by Gasteiger charge is 2.16. The third-order valence-corrected chi connectivity index (χ3v) is 3.54. The van der Waals surface area contributed by atoms with E-state index in [1.165, 1.54) is 12.1 Å². The minimum absolute atomic E-state index is 0.0648. The molecule has 1 N–H and O–H groups in total. The number of halogens is 2. The first-order chi connectivity index (χ1) is 9.49. The lowest BCUT2D eigenvalue weighted by Gasteiger charge is -2.21. The van der Waals surface area contributed by atoms with Crippen LogP contribution in [0, 0.1) is 18.6 Å². The maximum Gasteiger partial charge on any atom is 0.128 e. The summed E-state index contributed by atoms with van der Waals surface area (Å²) in [4.78, 5) is 0. The Morgan fingerprint density at radius 1 is 0.900 bits per heavy atom. The molecule has 0 fully saturated rings. The van der Waals surface area contributed by atoms with Crippen LogP contribution in [0.15, 0.2) is 42.5 Å². The molecule has 0 saturated heterocycles. The molecule has 106 valence electrons. The van der Waals surface area contributed by atoms with E-state index in [2.05, 4.69) is 5.32 Å². The molecule has 0 amide bonds. The van der Waals surface area contributed by atoms with Crippen molar-refractivity contribution in [1.29, 1.82) is 0 Å². The Balaban J connectivity index is 2.16. The molecule has 0 aromatic heterocycles. The summed E-state index contributed by atoms with van der Waals surface area (Å²) in [6.45, 7) is 5.41. The number of hydrogen-bond acceptors (Lipinski definition) is 1. The molecule has 0 aliphatic carbocycles. The van der Waals surface area contributed by atoms with Gasteiger partial charge < -0.3 is 5.32 Å². The second kappa shape index (κ2) is 6.14. The van der Waals surface area contributed by atoms with Crippen LogP contribution in [0.4, 0.5) is 8.78 Å². The Morgan fingerprint density at radius 3 is 2.20 bits per heavy atom. The van der Waals surface area contributed by atoms with Crippen LogP contribution >= 0.6 is 0 Å². The first-order valence-corrected chi connectivity index (χ1v) is 6.75. The Bertz CT molecular complexity index is 581. The van der Waals surface area contributed by atoms with Gasteiger partial charge in [-0.15, -0.1) is 0 Å². The van der Waals surface area contributed by atoms with E-state index < -0.39 is 0 Å². The molecule has 0 heterocycles. The van der Waals surface area contributed by atoms with Crippen molar-refractivity contribution >= 4 is 0 Å². The third-order valence-electron chi connectivity index (χ3n) is 3.54. The minimum atomic E-state index is -0.373. The van der Waals surface area contributed by atoms with Gasteiger partial charge >= 0.3 is 0 Å².